The maximum Gasteiger partial charge on any atom is 0.159 e. The molecule has 0 unspecified atom stereocenters. The van der Waals surface area contributed by atoms with E-state index >= 15 is 0 Å². The third-order valence-corrected chi connectivity index (χ3v) is 12.2. The topological polar surface area (TPSA) is 9.23 Å². The van der Waals surface area contributed by atoms with Crippen LogP contribution in [0.15, 0.2) is 72.8 Å². The molecule has 284 valence electrons. The molecular formula is C48H58F4O. The summed E-state index contributed by atoms with van der Waals surface area (Å²) in [4.78, 5) is 0. The molecule has 53 heavy (non-hydrogen) atoms. The fourth-order valence-corrected chi connectivity index (χ4v) is 8.97. The van der Waals surface area contributed by atoms with E-state index in [1.54, 1.807) is 12.1 Å². The Morgan fingerprint density at radius 1 is 0.472 bits per heavy atom. The second-order valence-electron chi connectivity index (χ2n) is 16.1. The Balaban J connectivity index is 1.27. The van der Waals surface area contributed by atoms with Crippen LogP contribution in [0.25, 0.3) is 0 Å². The molecule has 2 fully saturated rings. The molecular weight excluding hydrogens is 669 g/mol. The number of hydrogen-bond donors (Lipinski definition) is 0. The SMILES string of the molecule is CCCCCC1CCC(c2ccc(Oc3ccc(C4CCC(CCCCC)CC4)cc3Cc3ccc(F)c(F)c3)c(Cc3ccc(F)c(F)c3)c2)CC1. The Bertz CT molecular complexity index is 1640. The fraction of sp³-hybridized carbons (Fsp3) is 0.500. The predicted octanol–water partition coefficient (Wildman–Crippen LogP) is 14.9. The second kappa shape index (κ2) is 19.1. The molecule has 2 aliphatic carbocycles. The highest BCUT2D eigenvalue weighted by Gasteiger charge is 2.25. The summed E-state index contributed by atoms with van der Waals surface area (Å²) in [5.74, 6) is 0.419. The second-order valence-corrected chi connectivity index (χ2v) is 16.1. The number of ether oxygens (including phenoxy) is 1. The van der Waals surface area contributed by atoms with Crippen LogP contribution in [0.3, 0.4) is 0 Å². The van der Waals surface area contributed by atoms with Crippen molar-refractivity contribution in [3.8, 4) is 11.5 Å². The van der Waals surface area contributed by atoms with Crippen molar-refractivity contribution in [3.05, 3.63) is 129 Å². The smallest absolute Gasteiger partial charge is 0.159 e. The Labute approximate surface area is 315 Å². The van der Waals surface area contributed by atoms with Crippen LogP contribution in [0.1, 0.15) is 162 Å². The average molecular weight is 727 g/mol. The minimum absolute atomic E-state index is 0.394. The molecule has 0 aliphatic heterocycles. The Morgan fingerprint density at radius 3 is 1.26 bits per heavy atom. The third-order valence-electron chi connectivity index (χ3n) is 12.2. The van der Waals surface area contributed by atoms with E-state index in [4.69, 9.17) is 4.74 Å². The van der Waals surface area contributed by atoms with Gasteiger partial charge in [-0.05, 0) is 145 Å². The lowest BCUT2D eigenvalue weighted by Crippen LogP contribution is -2.14. The van der Waals surface area contributed by atoms with E-state index in [1.807, 2.05) is 12.1 Å². The summed E-state index contributed by atoms with van der Waals surface area (Å²) in [6, 6.07) is 21.0. The van der Waals surface area contributed by atoms with Crippen molar-refractivity contribution in [3.63, 3.8) is 0 Å². The third kappa shape index (κ3) is 10.8. The summed E-state index contributed by atoms with van der Waals surface area (Å²) in [7, 11) is 0. The zero-order chi connectivity index (χ0) is 37.2. The molecule has 0 spiro atoms. The lowest BCUT2D eigenvalue weighted by Gasteiger charge is -2.30. The molecule has 0 aromatic heterocycles. The van der Waals surface area contributed by atoms with Gasteiger partial charge in [0.2, 0.25) is 0 Å². The maximum absolute atomic E-state index is 14.4. The van der Waals surface area contributed by atoms with Crippen molar-refractivity contribution in [1.82, 2.24) is 0 Å². The van der Waals surface area contributed by atoms with Crippen molar-refractivity contribution in [2.75, 3.05) is 0 Å². The molecule has 0 heterocycles. The van der Waals surface area contributed by atoms with Crippen molar-refractivity contribution < 1.29 is 22.3 Å². The summed E-state index contributed by atoms with van der Waals surface area (Å²) in [6.07, 6.45) is 20.8. The van der Waals surface area contributed by atoms with Gasteiger partial charge in [0.15, 0.2) is 23.3 Å². The number of unbranched alkanes of at least 4 members (excludes halogenated alkanes) is 4. The summed E-state index contributed by atoms with van der Waals surface area (Å²) < 4.78 is 63.4. The van der Waals surface area contributed by atoms with Crippen molar-refractivity contribution >= 4 is 0 Å². The maximum atomic E-state index is 14.4. The van der Waals surface area contributed by atoms with Crippen molar-refractivity contribution in [1.29, 1.82) is 0 Å². The predicted molar refractivity (Wildman–Crippen MR) is 209 cm³/mol. The van der Waals surface area contributed by atoms with Gasteiger partial charge < -0.3 is 4.74 Å². The van der Waals surface area contributed by atoms with E-state index in [-0.39, 0.29) is 0 Å². The number of halogens is 4. The number of rotatable bonds is 16. The number of hydrogen-bond acceptors (Lipinski definition) is 1. The highest BCUT2D eigenvalue weighted by atomic mass is 19.2. The van der Waals surface area contributed by atoms with Crippen LogP contribution in [-0.2, 0) is 12.8 Å². The average Bonchev–Trinajstić information content (AvgIpc) is 3.17. The van der Waals surface area contributed by atoms with E-state index in [1.165, 1.54) is 112 Å². The first-order valence-corrected chi connectivity index (χ1v) is 20.6. The van der Waals surface area contributed by atoms with E-state index in [9.17, 15) is 17.6 Å². The first-order chi connectivity index (χ1) is 25.8. The standard InChI is InChI=1S/C48H58F4O/c1-3-5-7-9-33-11-17-37(18-12-33)39-21-25-47(41(31-39)27-35-15-23-43(49)45(51)29-35)53-48-26-22-40(38-19-13-34(14-20-38)10-8-6-4-2)32-42(48)28-36-16-24-44(50)46(52)30-36/h15-16,21-26,29-34,37-38H,3-14,17-20,27-28H2,1-2H3. The minimum Gasteiger partial charge on any atom is -0.457 e. The van der Waals surface area contributed by atoms with Gasteiger partial charge in [0.05, 0.1) is 0 Å². The van der Waals surface area contributed by atoms with Crippen molar-refractivity contribution in [2.45, 2.75) is 141 Å². The van der Waals surface area contributed by atoms with Gasteiger partial charge in [0.25, 0.3) is 0 Å². The normalized spacial score (nSPS) is 20.4. The quantitative estimate of drug-likeness (QED) is 0.0825. The molecule has 0 amide bonds. The molecule has 5 heteroatoms. The highest BCUT2D eigenvalue weighted by molar-refractivity contribution is 5.48. The number of benzene rings is 4. The zero-order valence-corrected chi connectivity index (χ0v) is 31.9. The monoisotopic (exact) mass is 726 g/mol. The van der Waals surface area contributed by atoms with E-state index in [2.05, 4.69) is 38.1 Å². The molecule has 0 saturated heterocycles. The summed E-state index contributed by atoms with van der Waals surface area (Å²) in [5, 5.41) is 0. The van der Waals surface area contributed by atoms with Gasteiger partial charge in [0, 0.05) is 12.8 Å². The highest BCUT2D eigenvalue weighted by Crippen LogP contribution is 2.42. The molecule has 6 rings (SSSR count). The molecule has 4 aromatic rings. The fourth-order valence-electron chi connectivity index (χ4n) is 8.97. The van der Waals surface area contributed by atoms with Crippen LogP contribution >= 0.6 is 0 Å². The molecule has 4 aromatic carbocycles. The Hall–Kier alpha value is -3.60. The summed E-state index contributed by atoms with van der Waals surface area (Å²) >= 11 is 0. The molecule has 0 radical (unpaired) electrons. The van der Waals surface area contributed by atoms with Gasteiger partial charge in [-0.3, -0.25) is 0 Å². The van der Waals surface area contributed by atoms with Gasteiger partial charge in [-0.25, -0.2) is 17.6 Å². The van der Waals surface area contributed by atoms with Crippen LogP contribution in [-0.4, -0.2) is 0 Å². The lowest BCUT2D eigenvalue weighted by atomic mass is 9.76. The first kappa shape index (κ1) is 39.1. The molecule has 2 aliphatic rings. The van der Waals surface area contributed by atoms with Crippen molar-refractivity contribution in [2.24, 2.45) is 11.8 Å². The molecule has 0 atom stereocenters. The minimum atomic E-state index is -0.860. The summed E-state index contributed by atoms with van der Waals surface area (Å²) in [5.41, 5.74) is 5.72. The Morgan fingerprint density at radius 2 is 0.887 bits per heavy atom. The van der Waals surface area contributed by atoms with E-state index in [0.717, 1.165) is 48.6 Å². The molecule has 0 N–H and O–H groups in total. The van der Waals surface area contributed by atoms with Gasteiger partial charge in [-0.2, -0.15) is 0 Å². The molecule has 2 saturated carbocycles. The van der Waals surface area contributed by atoms with Gasteiger partial charge in [-0.1, -0.05) is 102 Å². The summed E-state index contributed by atoms with van der Waals surface area (Å²) in [6.45, 7) is 4.51. The van der Waals surface area contributed by atoms with Gasteiger partial charge in [0.1, 0.15) is 11.5 Å². The molecule has 0 bridgehead atoms. The Kier molecular flexibility index (Phi) is 14.1. The van der Waals surface area contributed by atoms with Crippen LogP contribution in [0, 0.1) is 35.1 Å². The van der Waals surface area contributed by atoms with E-state index in [0.29, 0.717) is 47.3 Å². The lowest BCUT2D eigenvalue weighted by molar-refractivity contribution is 0.302. The van der Waals surface area contributed by atoms with Crippen LogP contribution in [0.4, 0.5) is 17.6 Å². The van der Waals surface area contributed by atoms with Crippen LogP contribution < -0.4 is 4.74 Å². The largest absolute Gasteiger partial charge is 0.457 e. The van der Waals surface area contributed by atoms with Gasteiger partial charge in [-0.15, -0.1) is 0 Å². The van der Waals surface area contributed by atoms with E-state index < -0.39 is 23.3 Å². The van der Waals surface area contributed by atoms with Gasteiger partial charge >= 0.3 is 0 Å². The zero-order valence-electron chi connectivity index (χ0n) is 31.9. The molecule has 1 nitrogen and oxygen atoms in total. The first-order valence-electron chi connectivity index (χ1n) is 20.6. The van der Waals surface area contributed by atoms with Crippen LogP contribution in [0.2, 0.25) is 0 Å². The van der Waals surface area contributed by atoms with Crippen LogP contribution in [0.5, 0.6) is 11.5 Å².